The van der Waals surface area contributed by atoms with E-state index in [4.69, 9.17) is 16.7 Å². The molecule has 0 saturated carbocycles. The van der Waals surface area contributed by atoms with E-state index in [9.17, 15) is 24.3 Å². The third kappa shape index (κ3) is 5.00. The van der Waals surface area contributed by atoms with Crippen molar-refractivity contribution in [2.45, 2.75) is 6.42 Å². The first kappa shape index (κ1) is 21.4. The molecule has 1 fully saturated rings. The second kappa shape index (κ2) is 9.02. The number of carbonyl (C=O) groups excluding carboxylic acids is 3. The number of hydrogen-bond donors (Lipinski definition) is 3. The number of hydrogen-bond acceptors (Lipinski definition) is 6. The predicted octanol–water partition coefficient (Wildman–Crippen LogP) is 3.81. The number of carbonyl (C=O) groups is 4. The first-order valence-electron chi connectivity index (χ1n) is 8.61. The first-order chi connectivity index (χ1) is 14.2. The van der Waals surface area contributed by atoms with Gasteiger partial charge in [0.25, 0.3) is 11.1 Å². The molecular weight excluding hydrogens is 432 g/mol. The zero-order chi connectivity index (χ0) is 21.8. The lowest BCUT2D eigenvalue weighted by atomic mass is 10.1. The molecule has 0 bridgehead atoms. The lowest BCUT2D eigenvalue weighted by Gasteiger charge is -2.12. The largest absolute Gasteiger partial charge is 0.507 e. The number of nitrogens with one attached hydrogen (secondary N) is 1. The van der Waals surface area contributed by atoms with Gasteiger partial charge in [0.15, 0.2) is 0 Å². The number of anilines is 1. The van der Waals surface area contributed by atoms with Crippen LogP contribution in [0.15, 0.2) is 47.4 Å². The van der Waals surface area contributed by atoms with Crippen LogP contribution in [0, 0.1) is 0 Å². The van der Waals surface area contributed by atoms with Crippen LogP contribution in [0.5, 0.6) is 5.75 Å². The van der Waals surface area contributed by atoms with Gasteiger partial charge in [-0.1, -0.05) is 23.7 Å². The summed E-state index contributed by atoms with van der Waals surface area (Å²) in [6.07, 6.45) is 1.40. The van der Waals surface area contributed by atoms with Crippen LogP contribution in [-0.4, -0.2) is 44.7 Å². The summed E-state index contributed by atoms with van der Waals surface area (Å²) in [6, 6.07) is 10.4. The van der Waals surface area contributed by atoms with E-state index in [-0.39, 0.29) is 29.1 Å². The molecule has 0 aromatic heterocycles. The summed E-state index contributed by atoms with van der Waals surface area (Å²) in [6.45, 7) is -0.127. The molecule has 0 unspecified atom stereocenters. The molecule has 2 aromatic carbocycles. The van der Waals surface area contributed by atoms with Gasteiger partial charge >= 0.3 is 5.97 Å². The molecule has 3 rings (SSSR count). The summed E-state index contributed by atoms with van der Waals surface area (Å²) in [5.41, 5.74) is 0.530. The van der Waals surface area contributed by atoms with Crippen molar-refractivity contribution in [3.8, 4) is 5.75 Å². The van der Waals surface area contributed by atoms with E-state index in [1.54, 1.807) is 30.3 Å². The third-order valence-electron chi connectivity index (χ3n) is 4.11. The van der Waals surface area contributed by atoms with Crippen LogP contribution in [0.25, 0.3) is 6.08 Å². The number of thioether (sulfide) groups is 1. The molecule has 8 nitrogen and oxygen atoms in total. The third-order valence-corrected chi connectivity index (χ3v) is 5.27. The summed E-state index contributed by atoms with van der Waals surface area (Å²) in [7, 11) is 0. The lowest BCUT2D eigenvalue weighted by molar-refractivity contribution is -0.123. The highest BCUT2D eigenvalue weighted by Gasteiger charge is 2.35. The molecule has 0 spiro atoms. The second-order valence-corrected chi connectivity index (χ2v) is 7.65. The van der Waals surface area contributed by atoms with E-state index < -0.39 is 28.8 Å². The summed E-state index contributed by atoms with van der Waals surface area (Å²) in [5, 5.41) is 21.1. The van der Waals surface area contributed by atoms with Gasteiger partial charge in [0.05, 0.1) is 4.91 Å². The Balaban J connectivity index is 1.61. The zero-order valence-electron chi connectivity index (χ0n) is 15.3. The predicted molar refractivity (Wildman–Crippen MR) is 112 cm³/mol. The molecule has 1 heterocycles. The molecule has 1 saturated heterocycles. The maximum Gasteiger partial charge on any atom is 0.339 e. The van der Waals surface area contributed by atoms with Crippen LogP contribution < -0.4 is 5.32 Å². The number of imide groups is 1. The fourth-order valence-electron chi connectivity index (χ4n) is 2.63. The number of amides is 3. The molecule has 30 heavy (non-hydrogen) atoms. The van der Waals surface area contributed by atoms with Crippen LogP contribution in [0.4, 0.5) is 10.5 Å². The normalized spacial score (nSPS) is 15.0. The fourth-order valence-corrected chi connectivity index (χ4v) is 3.62. The number of aromatic hydroxyl groups is 1. The Morgan fingerprint density at radius 2 is 1.83 bits per heavy atom. The molecule has 10 heteroatoms. The summed E-state index contributed by atoms with van der Waals surface area (Å²) in [4.78, 5) is 49.0. The number of carboxylic acids is 1. The Kier molecular flexibility index (Phi) is 6.43. The van der Waals surface area contributed by atoms with Gasteiger partial charge in [-0.05, 0) is 53.7 Å². The van der Waals surface area contributed by atoms with E-state index >= 15 is 0 Å². The maximum absolute atomic E-state index is 12.5. The van der Waals surface area contributed by atoms with Gasteiger partial charge in [-0.2, -0.15) is 0 Å². The highest BCUT2D eigenvalue weighted by molar-refractivity contribution is 8.18. The van der Waals surface area contributed by atoms with Crippen molar-refractivity contribution in [1.29, 1.82) is 0 Å². The van der Waals surface area contributed by atoms with Gasteiger partial charge in [0.2, 0.25) is 5.91 Å². The molecule has 154 valence electrons. The van der Waals surface area contributed by atoms with Crippen LogP contribution >= 0.6 is 23.4 Å². The molecule has 3 amide bonds. The highest BCUT2D eigenvalue weighted by Crippen LogP contribution is 2.32. The van der Waals surface area contributed by atoms with E-state index in [1.165, 1.54) is 6.07 Å². The van der Waals surface area contributed by atoms with Crippen LogP contribution in [0.2, 0.25) is 5.02 Å². The zero-order valence-corrected chi connectivity index (χ0v) is 16.9. The van der Waals surface area contributed by atoms with Crippen molar-refractivity contribution in [3.05, 3.63) is 63.5 Å². The minimum Gasteiger partial charge on any atom is -0.507 e. The number of carboxylic acid groups (broad SMARTS) is 1. The number of halogens is 1. The van der Waals surface area contributed by atoms with Crippen molar-refractivity contribution in [3.63, 3.8) is 0 Å². The summed E-state index contributed by atoms with van der Waals surface area (Å²) >= 11 is 6.61. The van der Waals surface area contributed by atoms with E-state index in [0.29, 0.717) is 10.6 Å². The molecular formula is C20H15ClN2O6S. The van der Waals surface area contributed by atoms with Gasteiger partial charge in [-0.3, -0.25) is 19.3 Å². The lowest BCUT2D eigenvalue weighted by Crippen LogP contribution is -2.31. The first-order valence-corrected chi connectivity index (χ1v) is 9.81. The van der Waals surface area contributed by atoms with Crippen LogP contribution in [0.3, 0.4) is 0 Å². The standard InChI is InChI=1S/C20H15ClN2O6S/c21-12-3-1-11(2-4-12)9-16-18(26)23(20(29)30-16)8-7-17(25)22-13-5-6-15(24)14(10-13)19(27)28/h1-6,9-10,24H,7-8H2,(H,22,25)(H,27,28). The number of aromatic carboxylic acids is 1. The number of phenols is 1. The maximum atomic E-state index is 12.5. The average molecular weight is 447 g/mol. The molecule has 1 aliphatic heterocycles. The SMILES string of the molecule is O=C(CCN1C(=O)SC(=Cc2ccc(Cl)cc2)C1=O)Nc1ccc(O)c(C(=O)O)c1. The van der Waals surface area contributed by atoms with Crippen LogP contribution in [-0.2, 0) is 9.59 Å². The molecule has 0 aliphatic carbocycles. The molecule has 0 radical (unpaired) electrons. The second-order valence-electron chi connectivity index (χ2n) is 6.22. The number of benzene rings is 2. The number of rotatable bonds is 6. The van der Waals surface area contributed by atoms with Gasteiger partial charge in [-0.25, -0.2) is 4.79 Å². The highest BCUT2D eigenvalue weighted by atomic mass is 35.5. The van der Waals surface area contributed by atoms with Crippen molar-refractivity contribution >= 4 is 58.1 Å². The Hall–Kier alpha value is -3.30. The topological polar surface area (TPSA) is 124 Å². The van der Waals surface area contributed by atoms with Crippen molar-refractivity contribution in [2.24, 2.45) is 0 Å². The summed E-state index contributed by atoms with van der Waals surface area (Å²) < 4.78 is 0. The van der Waals surface area contributed by atoms with E-state index in [0.717, 1.165) is 28.8 Å². The Bertz CT molecular complexity index is 1070. The van der Waals surface area contributed by atoms with E-state index in [2.05, 4.69) is 5.32 Å². The molecule has 1 aliphatic rings. The van der Waals surface area contributed by atoms with E-state index in [1.807, 2.05) is 0 Å². The van der Waals surface area contributed by atoms with Crippen molar-refractivity contribution in [1.82, 2.24) is 4.90 Å². The fraction of sp³-hybridized carbons (Fsp3) is 0.100. The van der Waals surface area contributed by atoms with Crippen molar-refractivity contribution in [2.75, 3.05) is 11.9 Å². The minimum atomic E-state index is -1.34. The average Bonchev–Trinajstić information content (AvgIpc) is 2.96. The van der Waals surface area contributed by atoms with Gasteiger partial charge < -0.3 is 15.5 Å². The molecule has 3 N–H and O–H groups in total. The Morgan fingerprint density at radius 3 is 2.50 bits per heavy atom. The van der Waals surface area contributed by atoms with Crippen LogP contribution in [0.1, 0.15) is 22.3 Å². The number of nitrogens with zero attached hydrogens (tertiary/aromatic N) is 1. The van der Waals surface area contributed by atoms with Gasteiger partial charge in [0, 0.05) is 23.7 Å². The smallest absolute Gasteiger partial charge is 0.339 e. The monoisotopic (exact) mass is 446 g/mol. The van der Waals surface area contributed by atoms with Gasteiger partial charge in [-0.15, -0.1) is 0 Å². The summed E-state index contributed by atoms with van der Waals surface area (Å²) in [5.74, 6) is -2.78. The Morgan fingerprint density at radius 1 is 1.13 bits per heavy atom. The Labute approximate surface area is 180 Å². The minimum absolute atomic E-state index is 0.127. The van der Waals surface area contributed by atoms with Crippen molar-refractivity contribution < 1.29 is 29.4 Å². The molecule has 2 aromatic rings. The van der Waals surface area contributed by atoms with Gasteiger partial charge in [0.1, 0.15) is 11.3 Å². The quantitative estimate of drug-likeness (QED) is 0.455. The molecule has 0 atom stereocenters.